The molecule has 1 saturated heterocycles. The van der Waals surface area contributed by atoms with E-state index in [9.17, 15) is 5.11 Å². The van der Waals surface area contributed by atoms with Gasteiger partial charge in [-0.25, -0.2) is 0 Å². The summed E-state index contributed by atoms with van der Waals surface area (Å²) in [6.07, 6.45) is 0.122. The third-order valence-electron chi connectivity index (χ3n) is 4.03. The lowest BCUT2D eigenvalue weighted by Gasteiger charge is -2.32. The number of phenols is 1. The molecule has 0 saturated carbocycles. The fraction of sp³-hybridized carbons (Fsp3) is 0.412. The van der Waals surface area contributed by atoms with Crippen LogP contribution in [0.2, 0.25) is 0 Å². The van der Waals surface area contributed by atoms with E-state index in [1.165, 1.54) is 0 Å². The summed E-state index contributed by atoms with van der Waals surface area (Å²) in [6.45, 7) is 6.17. The van der Waals surface area contributed by atoms with Crippen LogP contribution < -0.4 is 4.90 Å². The minimum atomic E-state index is 0.122. The summed E-state index contributed by atoms with van der Waals surface area (Å²) in [5.74, 6) is 1.76. The molecule has 0 amide bonds. The summed E-state index contributed by atoms with van der Waals surface area (Å²) in [7, 11) is 0. The Morgan fingerprint density at radius 2 is 2.13 bits per heavy atom. The number of hydrogen-bond acceptors (Lipinski definition) is 6. The second kappa shape index (κ2) is 6.76. The Hall–Kier alpha value is -1.79. The molecular weight excluding hydrogens is 310 g/mol. The Kier molecular flexibility index (Phi) is 4.73. The molecule has 0 unspecified atom stereocenters. The normalized spacial score (nSPS) is 18.2. The summed E-state index contributed by atoms with van der Waals surface area (Å²) in [5.41, 5.74) is 3.44. The van der Waals surface area contributed by atoms with E-state index in [-0.39, 0.29) is 11.9 Å². The van der Waals surface area contributed by atoms with Crippen LogP contribution in [0.15, 0.2) is 24.3 Å². The van der Waals surface area contributed by atoms with Crippen molar-refractivity contribution in [1.29, 1.82) is 0 Å². The molecule has 0 aliphatic carbocycles. The zero-order chi connectivity index (χ0) is 16.4. The monoisotopic (exact) mass is 331 g/mol. The number of phenolic OH excluding ortho intramolecular Hbond substituents is 1. The van der Waals surface area contributed by atoms with E-state index in [4.69, 9.17) is 4.74 Å². The molecule has 1 aromatic carbocycles. The summed E-state index contributed by atoms with van der Waals surface area (Å²) < 4.78 is 5.62. The van der Waals surface area contributed by atoms with Crippen LogP contribution in [0.1, 0.15) is 11.1 Å². The Morgan fingerprint density at radius 3 is 2.78 bits per heavy atom. The fourth-order valence-corrected chi connectivity index (χ4v) is 3.16. The number of aryl methyl sites for hydroxylation is 2. The van der Waals surface area contributed by atoms with Crippen molar-refractivity contribution in [3.05, 3.63) is 35.4 Å². The molecule has 6 heteroatoms. The predicted molar refractivity (Wildman–Crippen MR) is 94.4 cm³/mol. The molecule has 2 aromatic rings. The molecule has 1 aliphatic heterocycles. The second-order valence-corrected chi connectivity index (χ2v) is 6.24. The van der Waals surface area contributed by atoms with Crippen molar-refractivity contribution in [2.24, 2.45) is 0 Å². The average Bonchev–Trinajstić information content (AvgIpc) is 2.54. The SMILES string of the molecule is Cc1cc(C)c(-c2ccc(N3CCO[C@@H](CS)C3)nn2)c(O)c1. The van der Waals surface area contributed by atoms with Gasteiger partial charge in [0.2, 0.25) is 0 Å². The molecule has 23 heavy (non-hydrogen) atoms. The lowest BCUT2D eigenvalue weighted by molar-refractivity contribution is 0.0562. The van der Waals surface area contributed by atoms with Crippen molar-refractivity contribution in [2.45, 2.75) is 20.0 Å². The van der Waals surface area contributed by atoms with E-state index >= 15 is 0 Å². The Morgan fingerprint density at radius 1 is 1.30 bits per heavy atom. The van der Waals surface area contributed by atoms with E-state index in [0.717, 1.165) is 35.6 Å². The largest absolute Gasteiger partial charge is 0.507 e. The van der Waals surface area contributed by atoms with Crippen LogP contribution in [-0.4, -0.2) is 46.9 Å². The van der Waals surface area contributed by atoms with Crippen molar-refractivity contribution in [2.75, 3.05) is 30.3 Å². The smallest absolute Gasteiger partial charge is 0.151 e. The topological polar surface area (TPSA) is 58.5 Å². The number of ether oxygens (including phenoxy) is 1. The Labute approximate surface area is 141 Å². The maximum atomic E-state index is 10.2. The molecule has 1 atom stereocenters. The highest BCUT2D eigenvalue weighted by molar-refractivity contribution is 7.80. The van der Waals surface area contributed by atoms with Gasteiger partial charge in [-0.15, -0.1) is 10.2 Å². The highest BCUT2D eigenvalue weighted by Gasteiger charge is 2.21. The molecular formula is C17H21N3O2S. The van der Waals surface area contributed by atoms with Crippen molar-refractivity contribution < 1.29 is 9.84 Å². The molecule has 1 fully saturated rings. The van der Waals surface area contributed by atoms with Crippen molar-refractivity contribution in [3.8, 4) is 17.0 Å². The molecule has 1 aliphatic rings. The van der Waals surface area contributed by atoms with Crippen molar-refractivity contribution >= 4 is 18.4 Å². The van der Waals surface area contributed by atoms with Crippen LogP contribution in [0.3, 0.4) is 0 Å². The van der Waals surface area contributed by atoms with Gasteiger partial charge in [-0.3, -0.25) is 0 Å². The molecule has 1 N–H and O–H groups in total. The van der Waals surface area contributed by atoms with Crippen LogP contribution in [-0.2, 0) is 4.74 Å². The molecule has 0 spiro atoms. The number of benzene rings is 1. The minimum absolute atomic E-state index is 0.122. The van der Waals surface area contributed by atoms with Crippen LogP contribution in [0.25, 0.3) is 11.3 Å². The number of anilines is 1. The van der Waals surface area contributed by atoms with Gasteiger partial charge in [-0.1, -0.05) is 6.07 Å². The highest BCUT2D eigenvalue weighted by Crippen LogP contribution is 2.32. The van der Waals surface area contributed by atoms with Crippen LogP contribution in [0, 0.1) is 13.8 Å². The van der Waals surface area contributed by atoms with Crippen LogP contribution in [0.5, 0.6) is 5.75 Å². The van der Waals surface area contributed by atoms with Crippen molar-refractivity contribution in [1.82, 2.24) is 10.2 Å². The van der Waals surface area contributed by atoms with E-state index in [0.29, 0.717) is 18.1 Å². The molecule has 2 heterocycles. The third kappa shape index (κ3) is 3.43. The molecule has 0 radical (unpaired) electrons. The first kappa shape index (κ1) is 16.1. The quantitative estimate of drug-likeness (QED) is 0.847. The Balaban J connectivity index is 1.85. The standard InChI is InChI=1S/C17H21N3O2S/c1-11-7-12(2)17(15(21)8-11)14-3-4-16(19-18-14)20-5-6-22-13(9-20)10-23/h3-4,7-8,13,21,23H,5-6,9-10H2,1-2H3/t13-/m1/s1. The lowest BCUT2D eigenvalue weighted by Crippen LogP contribution is -2.43. The number of nitrogens with zero attached hydrogens (tertiary/aromatic N) is 3. The van der Waals surface area contributed by atoms with Gasteiger partial charge in [0, 0.05) is 24.4 Å². The first-order valence-electron chi connectivity index (χ1n) is 7.70. The fourth-order valence-electron chi connectivity index (χ4n) is 2.94. The van der Waals surface area contributed by atoms with Gasteiger partial charge in [0.1, 0.15) is 5.75 Å². The number of aromatic nitrogens is 2. The first-order valence-corrected chi connectivity index (χ1v) is 8.33. The summed E-state index contributed by atoms with van der Waals surface area (Å²) >= 11 is 4.30. The van der Waals surface area contributed by atoms with E-state index in [1.807, 2.05) is 32.0 Å². The number of morpholine rings is 1. The minimum Gasteiger partial charge on any atom is -0.507 e. The van der Waals surface area contributed by atoms with Gasteiger partial charge < -0.3 is 14.7 Å². The van der Waals surface area contributed by atoms with Gasteiger partial charge in [0.15, 0.2) is 5.82 Å². The van der Waals surface area contributed by atoms with Gasteiger partial charge in [0.05, 0.1) is 18.4 Å². The van der Waals surface area contributed by atoms with Crippen LogP contribution >= 0.6 is 12.6 Å². The molecule has 5 nitrogen and oxygen atoms in total. The third-order valence-corrected chi connectivity index (χ3v) is 4.44. The van der Waals surface area contributed by atoms with Crippen LogP contribution in [0.4, 0.5) is 5.82 Å². The van der Waals surface area contributed by atoms with E-state index in [2.05, 4.69) is 27.7 Å². The molecule has 3 rings (SSSR count). The number of hydrogen-bond donors (Lipinski definition) is 2. The summed E-state index contributed by atoms with van der Waals surface area (Å²) in [5, 5.41) is 18.9. The lowest BCUT2D eigenvalue weighted by atomic mass is 10.0. The van der Waals surface area contributed by atoms with E-state index in [1.54, 1.807) is 6.07 Å². The zero-order valence-electron chi connectivity index (χ0n) is 13.4. The second-order valence-electron chi connectivity index (χ2n) is 5.87. The zero-order valence-corrected chi connectivity index (χ0v) is 14.3. The average molecular weight is 331 g/mol. The van der Waals surface area contributed by atoms with E-state index < -0.39 is 0 Å². The number of aromatic hydroxyl groups is 1. The van der Waals surface area contributed by atoms with Gasteiger partial charge >= 0.3 is 0 Å². The molecule has 122 valence electrons. The predicted octanol–water partition coefficient (Wildman–Crippen LogP) is 2.60. The summed E-state index contributed by atoms with van der Waals surface area (Å²) in [4.78, 5) is 2.16. The van der Waals surface area contributed by atoms with Gasteiger partial charge in [0.25, 0.3) is 0 Å². The molecule has 1 aromatic heterocycles. The maximum Gasteiger partial charge on any atom is 0.151 e. The van der Waals surface area contributed by atoms with Gasteiger partial charge in [-0.2, -0.15) is 12.6 Å². The maximum absolute atomic E-state index is 10.2. The molecule has 0 bridgehead atoms. The Bertz CT molecular complexity index is 668. The van der Waals surface area contributed by atoms with Gasteiger partial charge in [-0.05, 0) is 43.2 Å². The number of thiol groups is 1. The number of rotatable bonds is 3. The highest BCUT2D eigenvalue weighted by atomic mass is 32.1. The first-order chi connectivity index (χ1) is 11.1. The van der Waals surface area contributed by atoms with Crippen molar-refractivity contribution in [3.63, 3.8) is 0 Å². The summed E-state index contributed by atoms with van der Waals surface area (Å²) in [6, 6.07) is 7.63.